The molecule has 3 fully saturated rings. The summed E-state index contributed by atoms with van der Waals surface area (Å²) in [5, 5.41) is 2.98. The second kappa shape index (κ2) is 4.33. The van der Waals surface area contributed by atoms with E-state index in [0.717, 1.165) is 18.4 Å². The second-order valence-corrected chi connectivity index (χ2v) is 6.13. The molecule has 1 aromatic rings. The van der Waals surface area contributed by atoms with E-state index in [9.17, 15) is 9.59 Å². The van der Waals surface area contributed by atoms with E-state index in [-0.39, 0.29) is 29.8 Å². The van der Waals surface area contributed by atoms with E-state index >= 15 is 0 Å². The van der Waals surface area contributed by atoms with E-state index in [1.165, 1.54) is 0 Å². The van der Waals surface area contributed by atoms with Crippen LogP contribution in [0.25, 0.3) is 0 Å². The number of ether oxygens (including phenoxy) is 1. The predicted molar refractivity (Wildman–Crippen MR) is 71.4 cm³/mol. The van der Waals surface area contributed by atoms with Gasteiger partial charge in [0.25, 0.3) is 0 Å². The highest BCUT2D eigenvalue weighted by atomic mass is 16.6. The van der Waals surface area contributed by atoms with E-state index < -0.39 is 0 Å². The molecular formula is C16H17NO3. The zero-order valence-corrected chi connectivity index (χ0v) is 11.1. The lowest BCUT2D eigenvalue weighted by atomic mass is 9.79. The molecule has 1 aromatic carbocycles. The summed E-state index contributed by atoms with van der Waals surface area (Å²) in [5.41, 5.74) is 1.08. The SMILES string of the molecule is O=C1O[C@H]2C[C@H]3C[C@H]2[C@@H]1[C@H]3C(=O)NCc1ccccc1. The molecule has 0 radical (unpaired) electrons. The molecule has 4 heteroatoms. The molecule has 0 spiro atoms. The molecule has 0 unspecified atom stereocenters. The standard InChI is InChI=1S/C16H17NO3/c18-15(17-8-9-4-2-1-3-5-9)13-10-6-11-12(7-10)20-16(19)14(11)13/h1-5,10-14H,6-8H2,(H,17,18)/t10-,11-,12+,13+,14-/m1/s1. The molecule has 20 heavy (non-hydrogen) atoms. The minimum atomic E-state index is -0.186. The second-order valence-electron chi connectivity index (χ2n) is 6.13. The monoisotopic (exact) mass is 271 g/mol. The average molecular weight is 271 g/mol. The van der Waals surface area contributed by atoms with Crippen LogP contribution in [-0.2, 0) is 20.9 Å². The Hall–Kier alpha value is -1.84. The van der Waals surface area contributed by atoms with Crippen LogP contribution in [0.1, 0.15) is 18.4 Å². The van der Waals surface area contributed by atoms with E-state index in [1.54, 1.807) is 0 Å². The van der Waals surface area contributed by atoms with E-state index in [4.69, 9.17) is 4.74 Å². The topological polar surface area (TPSA) is 55.4 Å². The van der Waals surface area contributed by atoms with Crippen LogP contribution < -0.4 is 5.32 Å². The largest absolute Gasteiger partial charge is 0.462 e. The van der Waals surface area contributed by atoms with Crippen LogP contribution in [0, 0.1) is 23.7 Å². The van der Waals surface area contributed by atoms with Gasteiger partial charge in [-0.25, -0.2) is 0 Å². The number of amides is 1. The van der Waals surface area contributed by atoms with Gasteiger partial charge in [-0.2, -0.15) is 0 Å². The van der Waals surface area contributed by atoms with Crippen molar-refractivity contribution in [2.75, 3.05) is 0 Å². The van der Waals surface area contributed by atoms with Crippen molar-refractivity contribution in [3.63, 3.8) is 0 Å². The highest BCUT2D eigenvalue weighted by Crippen LogP contribution is 2.57. The lowest BCUT2D eigenvalue weighted by molar-refractivity contribution is -0.146. The van der Waals surface area contributed by atoms with Gasteiger partial charge < -0.3 is 10.1 Å². The Labute approximate surface area is 117 Å². The van der Waals surface area contributed by atoms with Gasteiger partial charge >= 0.3 is 5.97 Å². The number of hydrogen-bond acceptors (Lipinski definition) is 3. The molecule has 1 N–H and O–H groups in total. The van der Waals surface area contributed by atoms with Crippen LogP contribution in [0.5, 0.6) is 0 Å². The van der Waals surface area contributed by atoms with Crippen molar-refractivity contribution in [2.24, 2.45) is 23.7 Å². The fourth-order valence-corrected chi connectivity index (χ4v) is 4.27. The number of benzene rings is 1. The van der Waals surface area contributed by atoms with Gasteiger partial charge in [0.05, 0.1) is 11.8 Å². The number of hydrogen-bond donors (Lipinski definition) is 1. The highest BCUT2D eigenvalue weighted by Gasteiger charge is 2.63. The summed E-state index contributed by atoms with van der Waals surface area (Å²) in [5.74, 6) is 0.130. The zero-order valence-electron chi connectivity index (χ0n) is 11.1. The van der Waals surface area contributed by atoms with Crippen LogP contribution in [0.15, 0.2) is 30.3 Å². The van der Waals surface area contributed by atoms with Crippen LogP contribution in [0.2, 0.25) is 0 Å². The van der Waals surface area contributed by atoms with Crippen molar-refractivity contribution in [2.45, 2.75) is 25.5 Å². The molecule has 104 valence electrons. The third kappa shape index (κ3) is 1.67. The Bertz CT molecular complexity index is 554. The third-order valence-electron chi connectivity index (χ3n) is 5.10. The number of nitrogens with one attached hydrogen (secondary N) is 1. The van der Waals surface area contributed by atoms with Gasteiger partial charge in [-0.05, 0) is 24.3 Å². The van der Waals surface area contributed by atoms with Gasteiger partial charge in [0.1, 0.15) is 6.10 Å². The van der Waals surface area contributed by atoms with Gasteiger partial charge in [-0.3, -0.25) is 9.59 Å². The molecule has 0 aromatic heterocycles. The Balaban J connectivity index is 1.46. The molecule has 1 aliphatic heterocycles. The maximum absolute atomic E-state index is 12.4. The third-order valence-corrected chi connectivity index (χ3v) is 5.10. The van der Waals surface area contributed by atoms with Crippen LogP contribution in [0.4, 0.5) is 0 Å². The first kappa shape index (κ1) is 11.9. The lowest BCUT2D eigenvalue weighted by Gasteiger charge is -2.23. The Morgan fingerprint density at radius 2 is 2.05 bits per heavy atom. The van der Waals surface area contributed by atoms with E-state index in [1.807, 2.05) is 30.3 Å². The van der Waals surface area contributed by atoms with Gasteiger partial charge in [0, 0.05) is 12.5 Å². The summed E-state index contributed by atoms with van der Waals surface area (Å²) in [6.45, 7) is 0.527. The van der Waals surface area contributed by atoms with Crippen LogP contribution in [-0.4, -0.2) is 18.0 Å². The molecule has 2 bridgehead atoms. The Morgan fingerprint density at radius 1 is 1.25 bits per heavy atom. The predicted octanol–water partition coefficient (Wildman–Crippen LogP) is 1.50. The van der Waals surface area contributed by atoms with Crippen LogP contribution >= 0.6 is 0 Å². The van der Waals surface area contributed by atoms with Gasteiger partial charge in [-0.15, -0.1) is 0 Å². The maximum Gasteiger partial charge on any atom is 0.310 e. The number of esters is 1. The molecular weight excluding hydrogens is 254 g/mol. The molecule has 5 atom stereocenters. The molecule has 1 heterocycles. The van der Waals surface area contributed by atoms with E-state index in [0.29, 0.717) is 18.4 Å². The first-order valence-electron chi connectivity index (χ1n) is 7.26. The number of rotatable bonds is 3. The Morgan fingerprint density at radius 3 is 2.85 bits per heavy atom. The minimum Gasteiger partial charge on any atom is -0.462 e. The fourth-order valence-electron chi connectivity index (χ4n) is 4.27. The molecule has 1 saturated heterocycles. The summed E-state index contributed by atoms with van der Waals surface area (Å²) in [4.78, 5) is 24.3. The molecule has 4 rings (SSSR count). The van der Waals surface area contributed by atoms with Gasteiger partial charge in [-0.1, -0.05) is 30.3 Å². The van der Waals surface area contributed by atoms with E-state index in [2.05, 4.69) is 5.32 Å². The van der Waals surface area contributed by atoms with Gasteiger partial charge in [0.15, 0.2) is 0 Å². The average Bonchev–Trinajstić information content (AvgIpc) is 3.07. The fraction of sp³-hybridized carbons (Fsp3) is 0.500. The summed E-state index contributed by atoms with van der Waals surface area (Å²) in [6, 6.07) is 9.84. The molecule has 3 aliphatic rings. The summed E-state index contributed by atoms with van der Waals surface area (Å²) in [7, 11) is 0. The molecule has 2 aliphatic carbocycles. The summed E-state index contributed by atoms with van der Waals surface area (Å²) >= 11 is 0. The van der Waals surface area contributed by atoms with Crippen molar-refractivity contribution >= 4 is 11.9 Å². The van der Waals surface area contributed by atoms with Crippen LogP contribution in [0.3, 0.4) is 0 Å². The number of carbonyl (C=O) groups excluding carboxylic acids is 2. The summed E-state index contributed by atoms with van der Waals surface area (Å²) < 4.78 is 5.36. The van der Waals surface area contributed by atoms with Gasteiger partial charge in [0.2, 0.25) is 5.91 Å². The van der Waals surface area contributed by atoms with Crippen molar-refractivity contribution < 1.29 is 14.3 Å². The lowest BCUT2D eigenvalue weighted by Crippen LogP contribution is -2.39. The van der Waals surface area contributed by atoms with Crippen molar-refractivity contribution in [1.82, 2.24) is 5.32 Å². The molecule has 1 amide bonds. The Kier molecular flexibility index (Phi) is 2.59. The molecule has 2 saturated carbocycles. The first-order chi connectivity index (χ1) is 9.74. The number of carbonyl (C=O) groups is 2. The zero-order chi connectivity index (χ0) is 13.7. The maximum atomic E-state index is 12.4. The molecule has 4 nitrogen and oxygen atoms in total. The first-order valence-corrected chi connectivity index (χ1v) is 7.26. The summed E-state index contributed by atoms with van der Waals surface area (Å²) in [6.07, 6.45) is 1.94. The quantitative estimate of drug-likeness (QED) is 0.848. The van der Waals surface area contributed by atoms with Crippen molar-refractivity contribution in [3.8, 4) is 0 Å². The normalized spacial score (nSPS) is 37.0. The minimum absolute atomic E-state index is 0.0173. The number of fused-ring (bicyclic) bond motifs is 1. The highest BCUT2D eigenvalue weighted by molar-refractivity contribution is 5.88. The van der Waals surface area contributed by atoms with Crippen molar-refractivity contribution in [3.05, 3.63) is 35.9 Å². The van der Waals surface area contributed by atoms with Crippen molar-refractivity contribution in [1.29, 1.82) is 0 Å². The smallest absolute Gasteiger partial charge is 0.310 e.